The zero-order valence-corrected chi connectivity index (χ0v) is 11.9. The molecule has 0 amide bonds. The monoisotopic (exact) mass is 266 g/mol. The van der Waals surface area contributed by atoms with Gasteiger partial charge in [-0.3, -0.25) is 9.59 Å². The number of alkyl halides is 1. The summed E-state index contributed by atoms with van der Waals surface area (Å²) < 4.78 is 0. The SMILES string of the molecule is CC(=O)C(C)(C)c1ccc(C(=O)CCCCl)cc1. The number of halogens is 1. The maximum absolute atomic E-state index is 11.8. The topological polar surface area (TPSA) is 34.1 Å². The normalized spacial score (nSPS) is 11.3. The van der Waals surface area contributed by atoms with Gasteiger partial charge in [0.2, 0.25) is 0 Å². The van der Waals surface area contributed by atoms with Crippen LogP contribution in [0.1, 0.15) is 49.5 Å². The fourth-order valence-corrected chi connectivity index (χ4v) is 1.78. The molecule has 0 aliphatic heterocycles. The van der Waals surface area contributed by atoms with Gasteiger partial charge in [0.15, 0.2) is 5.78 Å². The quantitative estimate of drug-likeness (QED) is 0.580. The summed E-state index contributed by atoms with van der Waals surface area (Å²) in [5, 5.41) is 0. The fraction of sp³-hybridized carbons (Fsp3) is 0.467. The molecule has 0 unspecified atom stereocenters. The van der Waals surface area contributed by atoms with Gasteiger partial charge in [0.25, 0.3) is 0 Å². The zero-order chi connectivity index (χ0) is 13.8. The second-order valence-electron chi connectivity index (χ2n) is 4.97. The molecule has 0 aliphatic carbocycles. The molecule has 98 valence electrons. The predicted octanol–water partition coefficient (Wildman–Crippen LogP) is 3.75. The molecule has 0 saturated carbocycles. The van der Waals surface area contributed by atoms with Crippen molar-refractivity contribution in [1.29, 1.82) is 0 Å². The Bertz CT molecular complexity index is 432. The summed E-state index contributed by atoms with van der Waals surface area (Å²) in [6.07, 6.45) is 1.17. The average molecular weight is 267 g/mol. The lowest BCUT2D eigenvalue weighted by Crippen LogP contribution is -2.26. The number of rotatable bonds is 6. The lowest BCUT2D eigenvalue weighted by atomic mass is 9.81. The minimum atomic E-state index is -0.502. The maximum Gasteiger partial charge on any atom is 0.162 e. The Hall–Kier alpha value is -1.15. The van der Waals surface area contributed by atoms with Crippen molar-refractivity contribution < 1.29 is 9.59 Å². The van der Waals surface area contributed by atoms with E-state index >= 15 is 0 Å². The third-order valence-electron chi connectivity index (χ3n) is 3.35. The highest BCUT2D eigenvalue weighted by Gasteiger charge is 2.25. The van der Waals surface area contributed by atoms with Crippen LogP contribution >= 0.6 is 11.6 Å². The molecule has 0 fully saturated rings. The van der Waals surface area contributed by atoms with Crippen LogP contribution in [0.3, 0.4) is 0 Å². The van der Waals surface area contributed by atoms with E-state index in [0.717, 1.165) is 5.56 Å². The van der Waals surface area contributed by atoms with E-state index in [2.05, 4.69) is 0 Å². The van der Waals surface area contributed by atoms with Crippen molar-refractivity contribution in [3.8, 4) is 0 Å². The maximum atomic E-state index is 11.8. The Labute approximate surface area is 113 Å². The van der Waals surface area contributed by atoms with Crippen molar-refractivity contribution >= 4 is 23.2 Å². The highest BCUT2D eigenvalue weighted by atomic mass is 35.5. The molecular formula is C15H19ClO2. The van der Waals surface area contributed by atoms with Crippen LogP contribution in [0.2, 0.25) is 0 Å². The third-order valence-corrected chi connectivity index (χ3v) is 3.61. The molecule has 0 atom stereocenters. The van der Waals surface area contributed by atoms with Crippen molar-refractivity contribution in [2.24, 2.45) is 0 Å². The summed E-state index contributed by atoms with van der Waals surface area (Å²) in [6, 6.07) is 7.29. The van der Waals surface area contributed by atoms with E-state index < -0.39 is 5.41 Å². The van der Waals surface area contributed by atoms with Gasteiger partial charge in [0.1, 0.15) is 5.78 Å². The van der Waals surface area contributed by atoms with Crippen LogP contribution in [0.4, 0.5) is 0 Å². The highest BCUT2D eigenvalue weighted by Crippen LogP contribution is 2.24. The predicted molar refractivity (Wildman–Crippen MR) is 74.4 cm³/mol. The van der Waals surface area contributed by atoms with E-state index in [-0.39, 0.29) is 11.6 Å². The van der Waals surface area contributed by atoms with Gasteiger partial charge in [0, 0.05) is 23.3 Å². The summed E-state index contributed by atoms with van der Waals surface area (Å²) in [6.45, 7) is 5.36. The average Bonchev–Trinajstić information content (AvgIpc) is 2.35. The summed E-state index contributed by atoms with van der Waals surface area (Å²) in [5.74, 6) is 0.716. The van der Waals surface area contributed by atoms with Crippen LogP contribution in [0.5, 0.6) is 0 Å². The number of benzene rings is 1. The van der Waals surface area contributed by atoms with E-state index in [4.69, 9.17) is 11.6 Å². The summed E-state index contributed by atoms with van der Waals surface area (Å²) in [5.41, 5.74) is 1.12. The fourth-order valence-electron chi connectivity index (χ4n) is 1.65. The Morgan fingerprint density at radius 3 is 2.17 bits per heavy atom. The molecule has 3 heteroatoms. The van der Waals surface area contributed by atoms with Crippen molar-refractivity contribution in [2.75, 3.05) is 5.88 Å². The molecule has 0 aliphatic rings. The lowest BCUT2D eigenvalue weighted by Gasteiger charge is -2.21. The summed E-state index contributed by atoms with van der Waals surface area (Å²) >= 11 is 5.56. The number of carbonyl (C=O) groups excluding carboxylic acids is 2. The molecule has 0 heterocycles. The van der Waals surface area contributed by atoms with E-state index in [9.17, 15) is 9.59 Å². The van der Waals surface area contributed by atoms with Gasteiger partial charge in [-0.15, -0.1) is 11.6 Å². The van der Waals surface area contributed by atoms with Crippen LogP contribution in [0, 0.1) is 0 Å². The molecule has 0 N–H and O–H groups in total. The third kappa shape index (κ3) is 3.42. The first-order chi connectivity index (χ1) is 8.39. The van der Waals surface area contributed by atoms with Gasteiger partial charge in [-0.25, -0.2) is 0 Å². The first kappa shape index (κ1) is 14.9. The molecule has 1 aromatic rings. The van der Waals surface area contributed by atoms with Crippen molar-refractivity contribution in [2.45, 2.75) is 39.0 Å². The molecule has 1 rings (SSSR count). The molecule has 0 saturated heterocycles. The Morgan fingerprint density at radius 2 is 1.72 bits per heavy atom. The smallest absolute Gasteiger partial charge is 0.162 e. The van der Waals surface area contributed by atoms with Crippen LogP contribution in [0.25, 0.3) is 0 Å². The number of Topliss-reactive ketones (excluding diaryl/α,β-unsaturated/α-hetero) is 2. The minimum Gasteiger partial charge on any atom is -0.299 e. The highest BCUT2D eigenvalue weighted by molar-refractivity contribution is 6.18. The van der Waals surface area contributed by atoms with Gasteiger partial charge >= 0.3 is 0 Å². The number of hydrogen-bond acceptors (Lipinski definition) is 2. The van der Waals surface area contributed by atoms with E-state index in [1.165, 1.54) is 0 Å². The lowest BCUT2D eigenvalue weighted by molar-refractivity contribution is -0.121. The molecule has 2 nitrogen and oxygen atoms in total. The molecule has 1 aromatic carbocycles. The second-order valence-corrected chi connectivity index (χ2v) is 5.35. The number of hydrogen-bond donors (Lipinski definition) is 0. The van der Waals surface area contributed by atoms with Crippen molar-refractivity contribution in [3.05, 3.63) is 35.4 Å². The van der Waals surface area contributed by atoms with Crippen LogP contribution < -0.4 is 0 Å². The van der Waals surface area contributed by atoms with Crippen molar-refractivity contribution in [3.63, 3.8) is 0 Å². The second kappa shape index (κ2) is 6.14. The first-order valence-electron chi connectivity index (χ1n) is 6.10. The Kier molecular flexibility index (Phi) is 5.09. The molecule has 0 radical (unpaired) electrons. The van der Waals surface area contributed by atoms with Crippen molar-refractivity contribution in [1.82, 2.24) is 0 Å². The molecule has 0 aromatic heterocycles. The summed E-state index contributed by atoms with van der Waals surface area (Å²) in [7, 11) is 0. The van der Waals surface area contributed by atoms with Gasteiger partial charge in [0.05, 0.1) is 0 Å². The van der Waals surface area contributed by atoms with Crippen LogP contribution in [0.15, 0.2) is 24.3 Å². The number of carbonyl (C=O) groups is 2. The van der Waals surface area contributed by atoms with Gasteiger partial charge < -0.3 is 0 Å². The van der Waals surface area contributed by atoms with E-state index in [0.29, 0.717) is 24.3 Å². The Balaban J connectivity index is 2.86. The zero-order valence-electron chi connectivity index (χ0n) is 11.1. The van der Waals surface area contributed by atoms with Gasteiger partial charge in [-0.05, 0) is 32.8 Å². The van der Waals surface area contributed by atoms with Crippen LogP contribution in [-0.2, 0) is 10.2 Å². The molecule has 0 bridgehead atoms. The van der Waals surface area contributed by atoms with E-state index in [1.54, 1.807) is 19.1 Å². The first-order valence-corrected chi connectivity index (χ1v) is 6.63. The van der Waals surface area contributed by atoms with E-state index in [1.807, 2.05) is 26.0 Å². The Morgan fingerprint density at radius 1 is 1.17 bits per heavy atom. The largest absolute Gasteiger partial charge is 0.299 e. The van der Waals surface area contributed by atoms with Gasteiger partial charge in [-0.2, -0.15) is 0 Å². The minimum absolute atomic E-state index is 0.0998. The van der Waals surface area contributed by atoms with Crippen LogP contribution in [-0.4, -0.2) is 17.4 Å². The molecule has 0 spiro atoms. The molecular weight excluding hydrogens is 248 g/mol. The molecule has 18 heavy (non-hydrogen) atoms. The number of ketones is 2. The van der Waals surface area contributed by atoms with Gasteiger partial charge in [-0.1, -0.05) is 24.3 Å². The standard InChI is InChI=1S/C15H19ClO2/c1-11(17)15(2,3)13-8-6-12(7-9-13)14(18)5-4-10-16/h6-9H,4-5,10H2,1-3H3. The summed E-state index contributed by atoms with van der Waals surface area (Å²) in [4.78, 5) is 23.3.